The van der Waals surface area contributed by atoms with E-state index in [1.54, 1.807) is 0 Å². The summed E-state index contributed by atoms with van der Waals surface area (Å²) in [5, 5.41) is 0. The quantitative estimate of drug-likeness (QED) is 0.360. The number of hydrogen-bond donors (Lipinski definition) is 0. The normalized spacial score (nSPS) is 14.0. The monoisotopic (exact) mass is 422 g/mol. The van der Waals surface area contributed by atoms with E-state index in [1.807, 2.05) is 61.7 Å². The van der Waals surface area contributed by atoms with Crippen molar-refractivity contribution in [1.82, 2.24) is 9.88 Å². The van der Waals surface area contributed by atoms with Crippen molar-refractivity contribution in [3.63, 3.8) is 0 Å². The molecule has 1 aliphatic rings. The van der Waals surface area contributed by atoms with Crippen LogP contribution in [-0.4, -0.2) is 29.1 Å². The van der Waals surface area contributed by atoms with Crippen LogP contribution in [0.3, 0.4) is 0 Å². The smallest absolute Gasteiger partial charge is 0.127 e. The van der Waals surface area contributed by atoms with Gasteiger partial charge in [-0.1, -0.05) is 42.5 Å². The molecule has 2 heterocycles. The fraction of sp³-hybridized carbons (Fsp3) is 0.179. The van der Waals surface area contributed by atoms with Gasteiger partial charge in [-0.05, 0) is 72.1 Å². The van der Waals surface area contributed by atoms with Crippen molar-refractivity contribution >= 4 is 0 Å². The third kappa shape index (κ3) is 4.98. The number of nitrogens with zero attached hydrogens (tertiary/aromatic N) is 2. The lowest BCUT2D eigenvalue weighted by Crippen LogP contribution is -2.53. The zero-order chi connectivity index (χ0) is 21.8. The van der Waals surface area contributed by atoms with E-state index in [0.29, 0.717) is 0 Å². The second kappa shape index (κ2) is 9.25. The third-order valence-corrected chi connectivity index (χ3v) is 5.62. The zero-order valence-electron chi connectivity index (χ0n) is 18.1. The lowest BCUT2D eigenvalue weighted by molar-refractivity contribution is 0.0146. The highest BCUT2D eigenvalue weighted by atomic mass is 16.5. The molecular weight excluding hydrogens is 396 g/mol. The van der Waals surface area contributed by atoms with Gasteiger partial charge in [0.15, 0.2) is 0 Å². The van der Waals surface area contributed by atoms with Crippen LogP contribution in [0.25, 0.3) is 11.1 Å². The molecule has 1 aromatic heterocycles. The Balaban J connectivity index is 1.09. The predicted molar refractivity (Wildman–Crippen MR) is 127 cm³/mol. The van der Waals surface area contributed by atoms with Gasteiger partial charge in [0, 0.05) is 31.5 Å². The molecule has 4 nitrogen and oxygen atoms in total. The molecule has 0 unspecified atom stereocenters. The van der Waals surface area contributed by atoms with Gasteiger partial charge in [-0.2, -0.15) is 0 Å². The lowest BCUT2D eigenvalue weighted by atomic mass is 10.1. The number of aromatic nitrogens is 1. The van der Waals surface area contributed by atoms with E-state index in [0.717, 1.165) is 42.6 Å². The lowest BCUT2D eigenvalue weighted by Gasteiger charge is -2.39. The van der Waals surface area contributed by atoms with E-state index in [4.69, 9.17) is 9.47 Å². The van der Waals surface area contributed by atoms with Crippen LogP contribution in [0.4, 0.5) is 0 Å². The number of pyridine rings is 1. The Bertz CT molecular complexity index is 1150. The first kappa shape index (κ1) is 20.3. The summed E-state index contributed by atoms with van der Waals surface area (Å²) in [5.74, 6) is 2.63. The fourth-order valence-electron chi connectivity index (χ4n) is 3.92. The molecule has 0 bridgehead atoms. The zero-order valence-corrected chi connectivity index (χ0v) is 18.1. The molecule has 0 atom stereocenters. The Hall–Kier alpha value is -3.63. The van der Waals surface area contributed by atoms with Gasteiger partial charge in [0.25, 0.3) is 0 Å². The number of para-hydroxylation sites is 1. The van der Waals surface area contributed by atoms with Gasteiger partial charge >= 0.3 is 0 Å². The second-order valence-corrected chi connectivity index (χ2v) is 8.20. The van der Waals surface area contributed by atoms with Crippen LogP contribution >= 0.6 is 0 Å². The summed E-state index contributed by atoms with van der Waals surface area (Å²) in [6, 6.07) is 30.6. The van der Waals surface area contributed by atoms with Gasteiger partial charge in [0.2, 0.25) is 0 Å². The highest BCUT2D eigenvalue weighted by Gasteiger charge is 2.28. The van der Waals surface area contributed by atoms with E-state index in [1.165, 1.54) is 16.7 Å². The minimum Gasteiger partial charge on any atom is -0.488 e. The number of ether oxygens (including phenoxy) is 2. The molecule has 0 saturated carbocycles. The van der Waals surface area contributed by atoms with E-state index < -0.39 is 0 Å². The Kier molecular flexibility index (Phi) is 5.86. The van der Waals surface area contributed by atoms with E-state index in [-0.39, 0.29) is 6.10 Å². The minimum atomic E-state index is 0.240. The van der Waals surface area contributed by atoms with Crippen LogP contribution in [0.2, 0.25) is 0 Å². The molecule has 3 aromatic carbocycles. The average molecular weight is 423 g/mol. The Morgan fingerprint density at radius 1 is 0.781 bits per heavy atom. The van der Waals surface area contributed by atoms with Gasteiger partial charge in [-0.15, -0.1) is 0 Å². The number of benzene rings is 3. The molecule has 1 fully saturated rings. The van der Waals surface area contributed by atoms with Gasteiger partial charge in [-0.25, -0.2) is 0 Å². The Labute approximate surface area is 189 Å². The molecule has 0 N–H and O–H groups in total. The molecule has 0 radical (unpaired) electrons. The van der Waals surface area contributed by atoms with Crippen LogP contribution in [-0.2, 0) is 6.54 Å². The first-order valence-corrected chi connectivity index (χ1v) is 11.0. The van der Waals surface area contributed by atoms with Gasteiger partial charge < -0.3 is 9.47 Å². The van der Waals surface area contributed by atoms with Crippen molar-refractivity contribution in [1.29, 1.82) is 0 Å². The first-order valence-electron chi connectivity index (χ1n) is 11.0. The number of rotatable bonds is 7. The summed E-state index contributed by atoms with van der Waals surface area (Å²) < 4.78 is 12.0. The third-order valence-electron chi connectivity index (χ3n) is 5.62. The van der Waals surface area contributed by atoms with Crippen molar-refractivity contribution in [2.75, 3.05) is 13.1 Å². The standard InChI is InChI=1S/C28H26N2O2/c1-21-17-24(15-16-29-21)23-9-13-27(14-10-23)32-28-19-30(20-28)18-22-7-11-26(12-8-22)31-25-5-3-2-4-6-25/h2-17,28H,18-20H2,1H3. The minimum absolute atomic E-state index is 0.240. The summed E-state index contributed by atoms with van der Waals surface area (Å²) in [6.07, 6.45) is 2.09. The topological polar surface area (TPSA) is 34.6 Å². The highest BCUT2D eigenvalue weighted by molar-refractivity contribution is 5.64. The molecular formula is C28H26N2O2. The largest absolute Gasteiger partial charge is 0.488 e. The molecule has 4 aromatic rings. The Morgan fingerprint density at radius 2 is 1.47 bits per heavy atom. The molecule has 5 rings (SSSR count). The van der Waals surface area contributed by atoms with Crippen molar-refractivity contribution in [2.45, 2.75) is 19.6 Å². The molecule has 1 saturated heterocycles. The maximum Gasteiger partial charge on any atom is 0.127 e. The highest BCUT2D eigenvalue weighted by Crippen LogP contribution is 2.26. The average Bonchev–Trinajstić information content (AvgIpc) is 2.80. The van der Waals surface area contributed by atoms with Crippen LogP contribution in [0.1, 0.15) is 11.3 Å². The number of likely N-dealkylation sites (tertiary alicyclic amines) is 1. The van der Waals surface area contributed by atoms with Gasteiger partial charge in [-0.3, -0.25) is 9.88 Å². The van der Waals surface area contributed by atoms with Crippen molar-refractivity contribution < 1.29 is 9.47 Å². The SMILES string of the molecule is Cc1cc(-c2ccc(OC3CN(Cc4ccc(Oc5ccccc5)cc4)C3)cc2)ccn1. The molecule has 0 spiro atoms. The predicted octanol–water partition coefficient (Wildman–Crippen LogP) is 6.11. The van der Waals surface area contributed by atoms with Gasteiger partial charge in [0.05, 0.1) is 0 Å². The van der Waals surface area contributed by atoms with Crippen LogP contribution < -0.4 is 9.47 Å². The van der Waals surface area contributed by atoms with Gasteiger partial charge in [0.1, 0.15) is 23.4 Å². The molecule has 32 heavy (non-hydrogen) atoms. The number of hydrogen-bond acceptors (Lipinski definition) is 4. The number of aryl methyl sites for hydroxylation is 1. The maximum atomic E-state index is 6.14. The van der Waals surface area contributed by atoms with Crippen molar-refractivity contribution in [2.24, 2.45) is 0 Å². The molecule has 0 aliphatic carbocycles. The molecule has 1 aliphatic heterocycles. The van der Waals surface area contributed by atoms with Crippen LogP contribution in [0.5, 0.6) is 17.2 Å². The van der Waals surface area contributed by atoms with Crippen LogP contribution in [0, 0.1) is 6.92 Å². The van der Waals surface area contributed by atoms with Crippen molar-refractivity contribution in [3.8, 4) is 28.4 Å². The van der Waals surface area contributed by atoms with E-state index in [9.17, 15) is 0 Å². The maximum absolute atomic E-state index is 6.14. The fourth-order valence-corrected chi connectivity index (χ4v) is 3.92. The summed E-state index contributed by atoms with van der Waals surface area (Å²) >= 11 is 0. The first-order chi connectivity index (χ1) is 15.7. The summed E-state index contributed by atoms with van der Waals surface area (Å²) in [5.41, 5.74) is 4.66. The van der Waals surface area contributed by atoms with Crippen LogP contribution in [0.15, 0.2) is 97.2 Å². The molecule has 0 amide bonds. The summed E-state index contributed by atoms with van der Waals surface area (Å²) in [7, 11) is 0. The second-order valence-electron chi connectivity index (χ2n) is 8.20. The summed E-state index contributed by atoms with van der Waals surface area (Å²) in [6.45, 7) is 4.81. The van der Waals surface area contributed by atoms with E-state index in [2.05, 4.69) is 52.3 Å². The Morgan fingerprint density at radius 3 is 2.19 bits per heavy atom. The molecule has 4 heteroatoms. The molecule has 160 valence electrons. The summed E-state index contributed by atoms with van der Waals surface area (Å²) in [4.78, 5) is 6.66. The van der Waals surface area contributed by atoms with Crippen molar-refractivity contribution in [3.05, 3.63) is 108 Å². The van der Waals surface area contributed by atoms with E-state index >= 15 is 0 Å².